The van der Waals surface area contributed by atoms with Crippen molar-refractivity contribution in [2.24, 2.45) is 0 Å². The molecule has 1 aliphatic rings. The van der Waals surface area contributed by atoms with Crippen LogP contribution in [0.3, 0.4) is 0 Å². The molecular weight excluding hydrogens is 205 g/mol. The average Bonchev–Trinajstić information content (AvgIpc) is 3.10. The molecule has 1 aromatic rings. The van der Waals surface area contributed by atoms with Crippen molar-refractivity contribution in [3.8, 4) is 0 Å². The van der Waals surface area contributed by atoms with E-state index in [9.17, 15) is 4.39 Å². The summed E-state index contributed by atoms with van der Waals surface area (Å²) in [5.74, 6) is -0.128. The molecule has 0 bridgehead atoms. The maximum atomic E-state index is 13.5. The largest absolute Gasteiger partial charge is 0.396 e. The lowest BCUT2D eigenvalue weighted by Gasteiger charge is -2.21. The Balaban J connectivity index is 1.97. The van der Waals surface area contributed by atoms with Gasteiger partial charge in [0.2, 0.25) is 0 Å². The van der Waals surface area contributed by atoms with Gasteiger partial charge in [-0.3, -0.25) is 4.90 Å². The Labute approximate surface area is 95.7 Å². The van der Waals surface area contributed by atoms with Crippen LogP contribution in [0.1, 0.15) is 24.8 Å². The van der Waals surface area contributed by atoms with Crippen molar-refractivity contribution in [1.82, 2.24) is 4.90 Å². The summed E-state index contributed by atoms with van der Waals surface area (Å²) in [6.45, 7) is 1.73. The molecule has 1 aromatic carbocycles. The van der Waals surface area contributed by atoms with Crippen LogP contribution < -0.4 is 0 Å². The molecule has 0 heterocycles. The van der Waals surface area contributed by atoms with Crippen molar-refractivity contribution in [2.75, 3.05) is 13.2 Å². The molecule has 0 aliphatic heterocycles. The van der Waals surface area contributed by atoms with Gasteiger partial charge in [-0.05, 0) is 25.3 Å². The maximum Gasteiger partial charge on any atom is 0.127 e. The molecule has 16 heavy (non-hydrogen) atoms. The van der Waals surface area contributed by atoms with E-state index in [0.29, 0.717) is 12.6 Å². The fourth-order valence-electron chi connectivity index (χ4n) is 1.95. The molecule has 2 rings (SSSR count). The first kappa shape index (κ1) is 11.6. The van der Waals surface area contributed by atoms with E-state index in [-0.39, 0.29) is 12.4 Å². The lowest BCUT2D eigenvalue weighted by atomic mass is 10.2. The van der Waals surface area contributed by atoms with Crippen LogP contribution in [0.2, 0.25) is 0 Å². The lowest BCUT2D eigenvalue weighted by molar-refractivity contribution is 0.210. The average molecular weight is 223 g/mol. The molecule has 0 spiro atoms. The molecule has 0 unspecified atom stereocenters. The van der Waals surface area contributed by atoms with Crippen LogP contribution >= 0.6 is 0 Å². The zero-order valence-electron chi connectivity index (χ0n) is 9.40. The van der Waals surface area contributed by atoms with Gasteiger partial charge in [0.05, 0.1) is 0 Å². The highest BCUT2D eigenvalue weighted by atomic mass is 19.1. The number of nitrogens with zero attached hydrogens (tertiary/aromatic N) is 1. The Morgan fingerprint density at radius 2 is 2.06 bits per heavy atom. The van der Waals surface area contributed by atoms with E-state index in [1.807, 2.05) is 12.1 Å². The highest BCUT2D eigenvalue weighted by Gasteiger charge is 2.28. The van der Waals surface area contributed by atoms with Crippen molar-refractivity contribution in [3.05, 3.63) is 35.6 Å². The summed E-state index contributed by atoms with van der Waals surface area (Å²) in [6.07, 6.45) is 3.19. The molecule has 88 valence electrons. The van der Waals surface area contributed by atoms with E-state index < -0.39 is 0 Å². The van der Waals surface area contributed by atoms with Gasteiger partial charge < -0.3 is 5.11 Å². The number of benzene rings is 1. The maximum absolute atomic E-state index is 13.5. The molecule has 3 heteroatoms. The first-order chi connectivity index (χ1) is 7.81. The Morgan fingerprint density at radius 1 is 1.31 bits per heavy atom. The molecule has 1 aliphatic carbocycles. The fourth-order valence-corrected chi connectivity index (χ4v) is 1.95. The van der Waals surface area contributed by atoms with Crippen molar-refractivity contribution in [3.63, 3.8) is 0 Å². The number of hydrogen-bond donors (Lipinski definition) is 1. The Bertz CT molecular complexity index is 338. The number of aliphatic hydroxyl groups is 1. The molecule has 0 radical (unpaired) electrons. The Kier molecular flexibility index (Phi) is 3.91. The molecular formula is C13H18FNO. The highest BCUT2D eigenvalue weighted by Crippen LogP contribution is 2.28. The van der Waals surface area contributed by atoms with Gasteiger partial charge in [-0.15, -0.1) is 0 Å². The number of rotatable bonds is 6. The van der Waals surface area contributed by atoms with Gasteiger partial charge in [-0.25, -0.2) is 4.39 Å². The zero-order chi connectivity index (χ0) is 11.4. The topological polar surface area (TPSA) is 23.5 Å². The number of halogens is 1. The smallest absolute Gasteiger partial charge is 0.127 e. The van der Waals surface area contributed by atoms with E-state index in [1.165, 1.54) is 18.9 Å². The zero-order valence-corrected chi connectivity index (χ0v) is 9.40. The van der Waals surface area contributed by atoms with Crippen LogP contribution in [0.15, 0.2) is 24.3 Å². The normalized spacial score (nSPS) is 15.7. The van der Waals surface area contributed by atoms with Gasteiger partial charge in [0, 0.05) is 31.3 Å². The van der Waals surface area contributed by atoms with Gasteiger partial charge in [-0.2, -0.15) is 0 Å². The second-order valence-corrected chi connectivity index (χ2v) is 4.37. The van der Waals surface area contributed by atoms with E-state index in [2.05, 4.69) is 4.90 Å². The molecule has 0 amide bonds. The van der Waals surface area contributed by atoms with Crippen molar-refractivity contribution < 1.29 is 9.50 Å². The summed E-state index contributed by atoms with van der Waals surface area (Å²) in [7, 11) is 0. The summed E-state index contributed by atoms with van der Waals surface area (Å²) < 4.78 is 13.5. The molecule has 0 saturated heterocycles. The summed E-state index contributed by atoms with van der Waals surface area (Å²) in [6, 6.07) is 7.53. The minimum Gasteiger partial charge on any atom is -0.396 e. The monoisotopic (exact) mass is 223 g/mol. The second kappa shape index (κ2) is 5.41. The van der Waals surface area contributed by atoms with Crippen LogP contribution in [0, 0.1) is 5.82 Å². The molecule has 1 saturated carbocycles. The van der Waals surface area contributed by atoms with Gasteiger partial charge in [0.1, 0.15) is 5.82 Å². The number of hydrogen-bond acceptors (Lipinski definition) is 2. The van der Waals surface area contributed by atoms with Crippen LogP contribution in [0.25, 0.3) is 0 Å². The van der Waals surface area contributed by atoms with E-state index >= 15 is 0 Å². The predicted octanol–water partition coefficient (Wildman–Crippen LogP) is 2.17. The quantitative estimate of drug-likeness (QED) is 0.799. The highest BCUT2D eigenvalue weighted by molar-refractivity contribution is 5.17. The number of aliphatic hydroxyl groups excluding tert-OH is 1. The SMILES string of the molecule is OCCCN(Cc1ccccc1F)C1CC1. The van der Waals surface area contributed by atoms with Gasteiger partial charge in [0.25, 0.3) is 0 Å². The standard InChI is InChI=1S/C13H18FNO/c14-13-5-2-1-4-11(13)10-15(8-3-9-16)12-6-7-12/h1-2,4-5,12,16H,3,6-10H2. The summed E-state index contributed by atoms with van der Waals surface area (Å²) >= 11 is 0. The molecule has 1 fully saturated rings. The van der Waals surface area contributed by atoms with Crippen LogP contribution in [0.5, 0.6) is 0 Å². The summed E-state index contributed by atoms with van der Waals surface area (Å²) in [5.41, 5.74) is 0.757. The molecule has 0 atom stereocenters. The minimum atomic E-state index is -0.128. The van der Waals surface area contributed by atoms with Gasteiger partial charge in [-0.1, -0.05) is 18.2 Å². The molecule has 0 aromatic heterocycles. The summed E-state index contributed by atoms with van der Waals surface area (Å²) in [5, 5.41) is 8.84. The first-order valence-corrected chi connectivity index (χ1v) is 5.89. The fraction of sp³-hybridized carbons (Fsp3) is 0.538. The Hall–Kier alpha value is -0.930. The van der Waals surface area contributed by atoms with Crippen molar-refractivity contribution in [2.45, 2.75) is 31.8 Å². The van der Waals surface area contributed by atoms with Gasteiger partial charge in [0.15, 0.2) is 0 Å². The van der Waals surface area contributed by atoms with Gasteiger partial charge >= 0.3 is 0 Å². The van der Waals surface area contributed by atoms with E-state index in [1.54, 1.807) is 6.07 Å². The van der Waals surface area contributed by atoms with Crippen molar-refractivity contribution in [1.29, 1.82) is 0 Å². The minimum absolute atomic E-state index is 0.128. The third-order valence-electron chi connectivity index (χ3n) is 3.00. The molecule has 1 N–H and O–H groups in total. The van der Waals surface area contributed by atoms with Crippen LogP contribution in [-0.2, 0) is 6.54 Å². The van der Waals surface area contributed by atoms with Crippen LogP contribution in [0.4, 0.5) is 4.39 Å². The first-order valence-electron chi connectivity index (χ1n) is 5.89. The van der Waals surface area contributed by atoms with E-state index in [4.69, 9.17) is 5.11 Å². The predicted molar refractivity (Wildman–Crippen MR) is 61.5 cm³/mol. The Morgan fingerprint density at radius 3 is 2.69 bits per heavy atom. The summed E-state index contributed by atoms with van der Waals surface area (Å²) in [4.78, 5) is 2.27. The van der Waals surface area contributed by atoms with Crippen LogP contribution in [-0.4, -0.2) is 29.2 Å². The van der Waals surface area contributed by atoms with Crippen molar-refractivity contribution >= 4 is 0 Å². The lowest BCUT2D eigenvalue weighted by Crippen LogP contribution is -2.27. The third kappa shape index (κ3) is 3.03. The third-order valence-corrected chi connectivity index (χ3v) is 3.00. The second-order valence-electron chi connectivity index (χ2n) is 4.37. The van der Waals surface area contributed by atoms with E-state index in [0.717, 1.165) is 18.5 Å². The molecule has 2 nitrogen and oxygen atoms in total.